The standard InChI is InChI=1S/C27H29N7O5S/c35-24(39-33-40(37,38)22-5-2-1-3-6-22)12-16-29-26(36)19-8-10-21(11-9-19)34-17-13-20(14-18-34)30-27-31-23-7-4-15-28-25(23)32-27/h1-11,15,20,33H,12-14,16-18H2,(H,29,36)(H2,28,30,31,32). The van der Waals surface area contributed by atoms with E-state index in [0.717, 1.165) is 43.1 Å². The maximum absolute atomic E-state index is 12.5. The second kappa shape index (κ2) is 12.1. The molecule has 40 heavy (non-hydrogen) atoms. The Balaban J connectivity index is 1.03. The van der Waals surface area contributed by atoms with Crippen LogP contribution < -0.4 is 20.4 Å². The van der Waals surface area contributed by atoms with E-state index in [-0.39, 0.29) is 23.8 Å². The molecule has 0 bridgehead atoms. The number of piperidine rings is 1. The number of nitrogens with one attached hydrogen (secondary N) is 4. The van der Waals surface area contributed by atoms with Crippen molar-refractivity contribution in [3.05, 3.63) is 78.5 Å². The molecule has 1 amide bonds. The van der Waals surface area contributed by atoms with Gasteiger partial charge in [-0.2, -0.15) is 4.98 Å². The number of H-pyrrole nitrogens is 1. The van der Waals surface area contributed by atoms with Gasteiger partial charge in [-0.1, -0.05) is 18.2 Å². The molecule has 0 aliphatic carbocycles. The number of aromatic amines is 1. The molecule has 0 saturated carbocycles. The molecule has 1 aliphatic heterocycles. The highest BCUT2D eigenvalue weighted by atomic mass is 32.2. The first-order chi connectivity index (χ1) is 19.4. The van der Waals surface area contributed by atoms with Crippen molar-refractivity contribution in [3.63, 3.8) is 0 Å². The van der Waals surface area contributed by atoms with E-state index >= 15 is 0 Å². The molecule has 5 rings (SSSR count). The van der Waals surface area contributed by atoms with Gasteiger partial charge in [0.15, 0.2) is 5.65 Å². The van der Waals surface area contributed by atoms with Crippen LogP contribution in [0.5, 0.6) is 0 Å². The number of anilines is 2. The van der Waals surface area contributed by atoms with Crippen LogP contribution >= 0.6 is 0 Å². The normalized spacial score (nSPS) is 14.2. The van der Waals surface area contributed by atoms with E-state index in [0.29, 0.717) is 17.3 Å². The van der Waals surface area contributed by atoms with Gasteiger partial charge in [0.1, 0.15) is 0 Å². The summed E-state index contributed by atoms with van der Waals surface area (Å²) in [5.74, 6) is -0.429. The predicted octanol–water partition coefficient (Wildman–Crippen LogP) is 2.60. The number of carbonyl (C=O) groups excluding carboxylic acids is 2. The summed E-state index contributed by atoms with van der Waals surface area (Å²) in [7, 11) is -3.97. The molecule has 4 aromatic rings. The fourth-order valence-corrected chi connectivity index (χ4v) is 5.21. The van der Waals surface area contributed by atoms with Crippen molar-refractivity contribution in [3.8, 4) is 0 Å². The van der Waals surface area contributed by atoms with Crippen molar-refractivity contribution in [2.45, 2.75) is 30.2 Å². The van der Waals surface area contributed by atoms with Crippen LogP contribution in [-0.4, -0.2) is 60.9 Å². The zero-order valence-electron chi connectivity index (χ0n) is 21.5. The molecule has 0 spiro atoms. The highest BCUT2D eigenvalue weighted by molar-refractivity contribution is 7.89. The third kappa shape index (κ3) is 6.74. The fraction of sp³-hybridized carbons (Fsp3) is 0.259. The number of fused-ring (bicyclic) bond motifs is 1. The van der Waals surface area contributed by atoms with Gasteiger partial charge in [0.05, 0.1) is 16.8 Å². The Morgan fingerprint density at radius 1 is 1.00 bits per heavy atom. The maximum Gasteiger partial charge on any atom is 0.327 e. The summed E-state index contributed by atoms with van der Waals surface area (Å²) in [6.07, 6.45) is 3.39. The summed E-state index contributed by atoms with van der Waals surface area (Å²) in [5, 5.41) is 6.11. The number of carbonyl (C=O) groups is 2. The van der Waals surface area contributed by atoms with Crippen LogP contribution in [0.1, 0.15) is 29.6 Å². The van der Waals surface area contributed by atoms with E-state index in [1.807, 2.05) is 24.3 Å². The average Bonchev–Trinajstić information content (AvgIpc) is 3.39. The van der Waals surface area contributed by atoms with Gasteiger partial charge in [-0.15, -0.1) is 0 Å². The van der Waals surface area contributed by atoms with Gasteiger partial charge in [0, 0.05) is 43.1 Å². The lowest BCUT2D eigenvalue weighted by Gasteiger charge is -2.34. The molecular weight excluding hydrogens is 534 g/mol. The largest absolute Gasteiger partial charge is 0.371 e. The number of nitrogens with zero attached hydrogens (tertiary/aromatic N) is 3. The van der Waals surface area contributed by atoms with E-state index < -0.39 is 16.0 Å². The number of hydrogen-bond acceptors (Lipinski definition) is 9. The summed E-state index contributed by atoms with van der Waals surface area (Å²) in [6.45, 7) is 1.71. The highest BCUT2D eigenvalue weighted by Crippen LogP contribution is 2.23. The second-order valence-corrected chi connectivity index (χ2v) is 10.9. The van der Waals surface area contributed by atoms with Gasteiger partial charge in [-0.25, -0.2) is 13.4 Å². The van der Waals surface area contributed by atoms with Crippen LogP contribution in [0.3, 0.4) is 0 Å². The summed E-state index contributed by atoms with van der Waals surface area (Å²) in [5.41, 5.74) is 3.07. The Bertz CT molecular complexity index is 1530. The third-order valence-corrected chi connectivity index (χ3v) is 7.72. The Morgan fingerprint density at radius 2 is 1.75 bits per heavy atom. The molecule has 13 heteroatoms. The first-order valence-corrected chi connectivity index (χ1v) is 14.3. The van der Waals surface area contributed by atoms with Crippen LogP contribution in [0, 0.1) is 0 Å². The van der Waals surface area contributed by atoms with Gasteiger partial charge < -0.3 is 25.4 Å². The van der Waals surface area contributed by atoms with E-state index in [4.69, 9.17) is 0 Å². The fourth-order valence-electron chi connectivity index (χ4n) is 4.39. The monoisotopic (exact) mass is 563 g/mol. The molecule has 2 aromatic heterocycles. The number of sulfonamides is 1. The van der Waals surface area contributed by atoms with E-state index in [2.05, 4.69) is 35.3 Å². The van der Waals surface area contributed by atoms with Gasteiger partial charge in [-0.05, 0) is 66.3 Å². The Morgan fingerprint density at radius 3 is 2.48 bits per heavy atom. The molecule has 3 heterocycles. The van der Waals surface area contributed by atoms with Gasteiger partial charge >= 0.3 is 5.97 Å². The van der Waals surface area contributed by atoms with Crippen LogP contribution in [0.4, 0.5) is 11.6 Å². The Labute approximate surface area is 231 Å². The first-order valence-electron chi connectivity index (χ1n) is 12.8. The molecule has 1 aliphatic rings. The zero-order chi connectivity index (χ0) is 28.0. The topological polar surface area (TPSA) is 158 Å². The highest BCUT2D eigenvalue weighted by Gasteiger charge is 2.21. The Kier molecular flexibility index (Phi) is 8.22. The molecule has 4 N–H and O–H groups in total. The molecule has 0 radical (unpaired) electrons. The quantitative estimate of drug-likeness (QED) is 0.213. The molecule has 2 aromatic carbocycles. The van der Waals surface area contributed by atoms with Crippen molar-refractivity contribution < 1.29 is 22.8 Å². The number of benzene rings is 2. The zero-order valence-corrected chi connectivity index (χ0v) is 22.4. The van der Waals surface area contributed by atoms with Crippen LogP contribution in [-0.2, 0) is 19.7 Å². The minimum atomic E-state index is -3.97. The lowest BCUT2D eigenvalue weighted by Crippen LogP contribution is -2.39. The molecule has 0 atom stereocenters. The van der Waals surface area contributed by atoms with Crippen molar-refractivity contribution in [2.75, 3.05) is 29.9 Å². The number of pyridine rings is 1. The van der Waals surface area contributed by atoms with Crippen molar-refractivity contribution in [1.82, 2.24) is 25.2 Å². The van der Waals surface area contributed by atoms with Crippen molar-refractivity contribution >= 4 is 44.7 Å². The predicted molar refractivity (Wildman–Crippen MR) is 149 cm³/mol. The first kappa shape index (κ1) is 27.1. The summed E-state index contributed by atoms with van der Waals surface area (Å²) < 4.78 is 24.2. The number of imidazole rings is 1. The lowest BCUT2D eigenvalue weighted by molar-refractivity contribution is -0.146. The molecule has 12 nitrogen and oxygen atoms in total. The molecule has 208 valence electrons. The third-order valence-electron chi connectivity index (χ3n) is 6.52. The van der Waals surface area contributed by atoms with Crippen molar-refractivity contribution in [2.24, 2.45) is 0 Å². The van der Waals surface area contributed by atoms with Crippen LogP contribution in [0.25, 0.3) is 11.2 Å². The minimum Gasteiger partial charge on any atom is -0.371 e. The van der Waals surface area contributed by atoms with E-state index in [9.17, 15) is 18.0 Å². The van der Waals surface area contributed by atoms with Crippen LogP contribution in [0.2, 0.25) is 0 Å². The van der Waals surface area contributed by atoms with Gasteiger partial charge in [0.25, 0.3) is 15.9 Å². The maximum atomic E-state index is 12.5. The molecule has 1 fully saturated rings. The lowest BCUT2D eigenvalue weighted by atomic mass is 10.0. The SMILES string of the molecule is O=C(CCNC(=O)c1ccc(N2CCC(Nc3nc4ncccc4[nH]3)CC2)cc1)ONS(=O)(=O)c1ccccc1. The number of amides is 1. The average molecular weight is 564 g/mol. The summed E-state index contributed by atoms with van der Waals surface area (Å²) in [4.78, 5) is 45.1. The summed E-state index contributed by atoms with van der Waals surface area (Å²) in [6, 6.07) is 18.9. The number of aromatic nitrogens is 3. The van der Waals surface area contributed by atoms with E-state index in [1.165, 1.54) is 12.1 Å². The second-order valence-electron chi connectivity index (χ2n) is 9.29. The van der Waals surface area contributed by atoms with Crippen LogP contribution in [0.15, 0.2) is 77.8 Å². The smallest absolute Gasteiger partial charge is 0.327 e. The van der Waals surface area contributed by atoms with Gasteiger partial charge in [0.2, 0.25) is 5.95 Å². The molecule has 0 unspecified atom stereocenters. The molecule has 1 saturated heterocycles. The van der Waals surface area contributed by atoms with Crippen molar-refractivity contribution in [1.29, 1.82) is 0 Å². The molecular formula is C27H29N7O5S. The minimum absolute atomic E-state index is 0.00567. The van der Waals surface area contributed by atoms with Gasteiger partial charge in [-0.3, -0.25) is 9.59 Å². The summed E-state index contributed by atoms with van der Waals surface area (Å²) >= 11 is 0. The van der Waals surface area contributed by atoms with E-state index in [1.54, 1.807) is 41.4 Å². The number of rotatable bonds is 10. The number of hydrogen-bond donors (Lipinski definition) is 4. The Hall–Kier alpha value is -4.49.